The van der Waals surface area contributed by atoms with Crippen LogP contribution in [0.4, 0.5) is 0 Å². The van der Waals surface area contributed by atoms with Gasteiger partial charge in [-0.15, -0.1) is 0 Å². The number of nitrogens with two attached hydrogens (primary N) is 1. The third-order valence-corrected chi connectivity index (χ3v) is 5.27. The summed E-state index contributed by atoms with van der Waals surface area (Å²) in [6.45, 7) is 23.8. The van der Waals surface area contributed by atoms with Gasteiger partial charge in [0.15, 0.2) is 0 Å². The van der Waals surface area contributed by atoms with Crippen molar-refractivity contribution in [3.63, 3.8) is 0 Å². The van der Waals surface area contributed by atoms with E-state index in [9.17, 15) is 0 Å². The minimum Gasteiger partial charge on any atom is -0.401 e. The van der Waals surface area contributed by atoms with Gasteiger partial charge in [-0.3, -0.25) is 0 Å². The molecule has 0 aliphatic heterocycles. The molecule has 0 aromatic heterocycles. The first-order chi connectivity index (χ1) is 14.7. The first kappa shape index (κ1) is 26.4. The Morgan fingerprint density at radius 2 is 1.61 bits per heavy atom. The molecule has 1 rings (SSSR count). The summed E-state index contributed by atoms with van der Waals surface area (Å²) in [4.78, 5) is 0. The maximum atomic E-state index is 5.95. The van der Waals surface area contributed by atoms with Crippen LogP contribution in [0.5, 0.6) is 0 Å². The van der Waals surface area contributed by atoms with E-state index in [2.05, 4.69) is 87.3 Å². The molecular weight excluding hydrogens is 380 g/mol. The monoisotopic (exact) mass is 424 g/mol. The smallest absolute Gasteiger partial charge is 0.0653 e. The van der Waals surface area contributed by atoms with Crippen molar-refractivity contribution < 1.29 is 0 Å². The van der Waals surface area contributed by atoms with Gasteiger partial charge < -0.3 is 21.7 Å². The maximum Gasteiger partial charge on any atom is 0.0653 e. The Morgan fingerprint density at radius 3 is 2.19 bits per heavy atom. The Labute approximate surface area is 190 Å². The normalized spacial score (nSPS) is 12.6. The highest BCUT2D eigenvalue weighted by atomic mass is 15.0. The van der Waals surface area contributed by atoms with E-state index in [1.54, 1.807) is 0 Å². The standard InChI is InChI=1S/C27H44N4/c1-8-9-15-26(23(6)28)31-22(5)19-29-24(7)27(18-20(2)3)30-21(4)16-17-25-13-11-10-12-14-25/h10-14,20,26-27,29-31H,4-9,15-19,28H2,1-3H3. The number of hydrogen-bond acceptors (Lipinski definition) is 4. The van der Waals surface area contributed by atoms with Crippen LogP contribution >= 0.6 is 0 Å². The first-order valence-corrected chi connectivity index (χ1v) is 11.5. The molecule has 1 aromatic rings. The molecule has 0 heterocycles. The fourth-order valence-corrected chi connectivity index (χ4v) is 3.42. The molecule has 0 aliphatic rings. The number of unbranched alkanes of at least 4 members (excludes halogenated alkanes) is 1. The minimum atomic E-state index is 0.0601. The molecular formula is C27H44N4. The molecule has 0 amide bonds. The average molecular weight is 425 g/mol. The van der Waals surface area contributed by atoms with Crippen molar-refractivity contribution in [1.29, 1.82) is 0 Å². The highest BCUT2D eigenvalue weighted by Gasteiger charge is 2.16. The molecule has 0 fully saturated rings. The summed E-state index contributed by atoms with van der Waals surface area (Å²) >= 11 is 0. The zero-order valence-corrected chi connectivity index (χ0v) is 20.0. The zero-order valence-electron chi connectivity index (χ0n) is 20.0. The summed E-state index contributed by atoms with van der Waals surface area (Å²) in [6, 6.07) is 10.7. The topological polar surface area (TPSA) is 62.1 Å². The Bertz CT molecular complexity index is 705. The van der Waals surface area contributed by atoms with Crippen LogP contribution in [-0.2, 0) is 6.42 Å². The van der Waals surface area contributed by atoms with Crippen molar-refractivity contribution in [3.8, 4) is 0 Å². The predicted molar refractivity (Wildman–Crippen MR) is 136 cm³/mol. The van der Waals surface area contributed by atoms with Crippen LogP contribution < -0.4 is 21.7 Å². The highest BCUT2D eigenvalue weighted by molar-refractivity contribution is 5.17. The lowest BCUT2D eigenvalue weighted by Gasteiger charge is -2.27. The van der Waals surface area contributed by atoms with Crippen molar-refractivity contribution in [3.05, 3.63) is 85.0 Å². The molecule has 0 saturated carbocycles. The van der Waals surface area contributed by atoms with Crippen LogP contribution in [-0.4, -0.2) is 18.6 Å². The van der Waals surface area contributed by atoms with Crippen LogP contribution in [0, 0.1) is 5.92 Å². The summed E-state index contributed by atoms with van der Waals surface area (Å²) < 4.78 is 0. The number of aryl methyl sites for hydroxylation is 1. The number of nitrogens with one attached hydrogen (secondary N) is 3. The van der Waals surface area contributed by atoms with E-state index in [1.807, 2.05) is 6.07 Å². The molecule has 0 aliphatic carbocycles. The average Bonchev–Trinajstić information content (AvgIpc) is 2.73. The summed E-state index contributed by atoms with van der Waals surface area (Å²) in [5, 5.41) is 10.4. The number of hydrogen-bond donors (Lipinski definition) is 4. The number of rotatable bonds is 17. The van der Waals surface area contributed by atoms with Crippen LogP contribution in [0.25, 0.3) is 0 Å². The number of benzene rings is 1. The Morgan fingerprint density at radius 1 is 0.968 bits per heavy atom. The van der Waals surface area contributed by atoms with Crippen molar-refractivity contribution in [1.82, 2.24) is 16.0 Å². The molecule has 4 heteroatoms. The Balaban J connectivity index is 2.55. The summed E-state index contributed by atoms with van der Waals surface area (Å²) in [5.74, 6) is 0.540. The van der Waals surface area contributed by atoms with Crippen LogP contribution in [0.1, 0.15) is 58.4 Å². The Hall–Kier alpha value is -2.62. The SMILES string of the molecule is C=C(CNC(=C)C(CC(C)C)NC(=C)CCc1ccccc1)NC(CCCC)C(=C)N. The van der Waals surface area contributed by atoms with Crippen molar-refractivity contribution in [2.45, 2.75) is 71.4 Å². The van der Waals surface area contributed by atoms with Gasteiger partial charge in [0.25, 0.3) is 0 Å². The van der Waals surface area contributed by atoms with E-state index < -0.39 is 0 Å². The van der Waals surface area contributed by atoms with Gasteiger partial charge in [0.1, 0.15) is 0 Å². The second kappa shape index (κ2) is 14.4. The maximum absolute atomic E-state index is 5.95. The van der Waals surface area contributed by atoms with Gasteiger partial charge in [0, 0.05) is 22.8 Å². The van der Waals surface area contributed by atoms with Crippen molar-refractivity contribution >= 4 is 0 Å². The van der Waals surface area contributed by atoms with E-state index in [1.165, 1.54) is 5.56 Å². The number of allylic oxidation sites excluding steroid dienone is 1. The minimum absolute atomic E-state index is 0.0601. The largest absolute Gasteiger partial charge is 0.401 e. The van der Waals surface area contributed by atoms with Crippen LogP contribution in [0.15, 0.2) is 79.4 Å². The van der Waals surface area contributed by atoms with Crippen LogP contribution in [0.2, 0.25) is 0 Å². The van der Waals surface area contributed by atoms with Crippen LogP contribution in [0.3, 0.4) is 0 Å². The molecule has 5 N–H and O–H groups in total. The van der Waals surface area contributed by atoms with Gasteiger partial charge in [-0.1, -0.05) is 90.3 Å². The summed E-state index contributed by atoms with van der Waals surface area (Å²) in [7, 11) is 0. The molecule has 2 unspecified atom stereocenters. The fourth-order valence-electron chi connectivity index (χ4n) is 3.42. The molecule has 4 nitrogen and oxygen atoms in total. The van der Waals surface area contributed by atoms with E-state index in [-0.39, 0.29) is 12.1 Å². The van der Waals surface area contributed by atoms with Gasteiger partial charge in [0.05, 0.1) is 18.6 Å². The molecule has 0 radical (unpaired) electrons. The van der Waals surface area contributed by atoms with E-state index in [0.717, 1.165) is 55.6 Å². The van der Waals surface area contributed by atoms with Gasteiger partial charge in [0.2, 0.25) is 0 Å². The third kappa shape index (κ3) is 11.4. The third-order valence-electron chi connectivity index (χ3n) is 5.27. The molecule has 2 atom stereocenters. The predicted octanol–water partition coefficient (Wildman–Crippen LogP) is 5.38. The first-order valence-electron chi connectivity index (χ1n) is 11.5. The molecule has 31 heavy (non-hydrogen) atoms. The second-order valence-electron chi connectivity index (χ2n) is 8.81. The fraction of sp³-hybridized carbons (Fsp3) is 0.481. The summed E-state index contributed by atoms with van der Waals surface area (Å²) in [5.41, 5.74) is 10.8. The molecule has 1 aromatic carbocycles. The Kier molecular flexibility index (Phi) is 12.3. The lowest BCUT2D eigenvalue weighted by atomic mass is 10.0. The van der Waals surface area contributed by atoms with E-state index in [4.69, 9.17) is 5.73 Å². The highest BCUT2D eigenvalue weighted by Crippen LogP contribution is 2.14. The van der Waals surface area contributed by atoms with Crippen molar-refractivity contribution in [2.24, 2.45) is 11.7 Å². The molecule has 0 spiro atoms. The molecule has 172 valence electrons. The molecule has 0 saturated heterocycles. The zero-order chi connectivity index (χ0) is 23.2. The summed E-state index contributed by atoms with van der Waals surface area (Å²) in [6.07, 6.45) is 6.05. The second-order valence-corrected chi connectivity index (χ2v) is 8.81. The van der Waals surface area contributed by atoms with E-state index >= 15 is 0 Å². The quantitative estimate of drug-likeness (QED) is 0.271. The lowest BCUT2D eigenvalue weighted by Crippen LogP contribution is -2.40. The lowest BCUT2D eigenvalue weighted by molar-refractivity contribution is 0.463. The van der Waals surface area contributed by atoms with Crippen molar-refractivity contribution in [2.75, 3.05) is 6.54 Å². The van der Waals surface area contributed by atoms with E-state index in [0.29, 0.717) is 18.2 Å². The van der Waals surface area contributed by atoms with Gasteiger partial charge in [-0.2, -0.15) is 0 Å². The van der Waals surface area contributed by atoms with Gasteiger partial charge >= 0.3 is 0 Å². The molecule has 0 bridgehead atoms. The van der Waals surface area contributed by atoms with Gasteiger partial charge in [-0.25, -0.2) is 0 Å². The van der Waals surface area contributed by atoms with Gasteiger partial charge in [-0.05, 0) is 37.2 Å².